The van der Waals surface area contributed by atoms with Gasteiger partial charge in [-0.25, -0.2) is 13.2 Å². The van der Waals surface area contributed by atoms with Gasteiger partial charge in [0.1, 0.15) is 15.8 Å². The van der Waals surface area contributed by atoms with E-state index < -0.39 is 16.0 Å². The van der Waals surface area contributed by atoms with Crippen molar-refractivity contribution >= 4 is 27.6 Å². The monoisotopic (exact) mass is 486 g/mol. The summed E-state index contributed by atoms with van der Waals surface area (Å²) < 4.78 is 40.1. The van der Waals surface area contributed by atoms with Crippen LogP contribution in [0.25, 0.3) is 15.8 Å². The molecule has 0 radical (unpaired) electrons. The Labute approximate surface area is 199 Å². The highest BCUT2D eigenvalue weighted by Gasteiger charge is 2.18. The molecular weight excluding hydrogens is 462 g/mol. The molecule has 0 heterocycles. The molecule has 33 heavy (non-hydrogen) atoms. The van der Waals surface area contributed by atoms with Gasteiger partial charge in [0.25, 0.3) is 0 Å². The van der Waals surface area contributed by atoms with E-state index in [1.54, 1.807) is 6.07 Å². The third kappa shape index (κ3) is 5.74. The molecule has 0 spiro atoms. The van der Waals surface area contributed by atoms with Crippen molar-refractivity contribution in [2.24, 2.45) is 0 Å². The molecule has 0 amide bonds. The second-order valence-corrected chi connectivity index (χ2v) is 9.44. The Morgan fingerprint density at radius 1 is 1.00 bits per heavy atom. The van der Waals surface area contributed by atoms with Crippen molar-refractivity contribution in [2.75, 3.05) is 14.2 Å². The Balaban J connectivity index is 2.11. The average molecular weight is 487 g/mol. The lowest BCUT2D eigenvalue weighted by atomic mass is 9.91. The summed E-state index contributed by atoms with van der Waals surface area (Å²) in [5.41, 5.74) is 3.50. The topological polar surface area (TPSA) is 83.8 Å². The largest absolute Gasteiger partial charge is 0.541 e. The molecule has 0 fully saturated rings. The Morgan fingerprint density at radius 2 is 1.70 bits per heavy atom. The first-order chi connectivity index (χ1) is 15.8. The van der Waals surface area contributed by atoms with Crippen molar-refractivity contribution in [3.8, 4) is 16.9 Å². The summed E-state index contributed by atoms with van der Waals surface area (Å²) in [6.07, 6.45) is 1.75. The highest BCUT2D eigenvalue weighted by molar-refractivity contribution is 7.94. The van der Waals surface area contributed by atoms with Crippen LogP contribution in [0.3, 0.4) is 0 Å². The minimum atomic E-state index is -3.93. The third-order valence-electron chi connectivity index (χ3n) is 5.18. The van der Waals surface area contributed by atoms with E-state index in [4.69, 9.17) is 21.1 Å². The van der Waals surface area contributed by atoms with Crippen LogP contribution in [0.15, 0.2) is 65.6 Å². The van der Waals surface area contributed by atoms with Crippen LogP contribution in [0.1, 0.15) is 34.8 Å². The van der Waals surface area contributed by atoms with E-state index in [2.05, 4.69) is 11.6 Å². The van der Waals surface area contributed by atoms with E-state index >= 15 is 0 Å². The van der Waals surface area contributed by atoms with Gasteiger partial charge in [0.15, 0.2) is 0 Å². The Bertz CT molecular complexity index is 1240. The van der Waals surface area contributed by atoms with Crippen LogP contribution in [-0.4, -0.2) is 28.6 Å². The highest BCUT2D eigenvalue weighted by atomic mass is 35.5. The van der Waals surface area contributed by atoms with Crippen LogP contribution >= 0.6 is 11.6 Å². The molecule has 0 atom stereocenters. The van der Waals surface area contributed by atoms with Gasteiger partial charge < -0.3 is 14.2 Å². The van der Waals surface area contributed by atoms with E-state index in [0.29, 0.717) is 27.5 Å². The number of hydrogen-bond acceptors (Lipinski definition) is 5. The van der Waals surface area contributed by atoms with E-state index in [0.717, 1.165) is 24.0 Å². The van der Waals surface area contributed by atoms with Gasteiger partial charge in [-0.05, 0) is 65.1 Å². The number of ether oxygens (including phenoxy) is 2. The summed E-state index contributed by atoms with van der Waals surface area (Å²) in [5.74, 6) is -0.158. The number of hydrogen-bond donors (Lipinski definition) is 0. The van der Waals surface area contributed by atoms with Gasteiger partial charge in [0, 0.05) is 9.92 Å². The van der Waals surface area contributed by atoms with Gasteiger partial charge in [-0.2, -0.15) is 0 Å². The maximum atomic E-state index is 12.8. The van der Waals surface area contributed by atoms with Crippen molar-refractivity contribution in [3.63, 3.8) is 0 Å². The van der Waals surface area contributed by atoms with E-state index in [1.165, 1.54) is 44.6 Å². The first-order valence-electron chi connectivity index (χ1n) is 10.4. The number of aryl methyl sites for hydroxylation is 1. The van der Waals surface area contributed by atoms with E-state index in [-0.39, 0.29) is 11.4 Å². The zero-order valence-electron chi connectivity index (χ0n) is 18.7. The van der Waals surface area contributed by atoms with E-state index in [9.17, 15) is 13.2 Å². The first-order valence-corrected chi connectivity index (χ1v) is 12.2. The minimum Gasteiger partial charge on any atom is -0.541 e. The second-order valence-electron chi connectivity index (χ2n) is 7.32. The van der Waals surface area contributed by atoms with Crippen molar-refractivity contribution in [3.05, 3.63) is 87.1 Å². The molecule has 0 saturated heterocycles. The predicted octanol–water partition coefficient (Wildman–Crippen LogP) is 6.02. The van der Waals surface area contributed by atoms with Gasteiger partial charge >= 0.3 is 5.97 Å². The number of esters is 1. The molecule has 0 aromatic heterocycles. The molecule has 0 aliphatic rings. The molecule has 6 nitrogen and oxygen atoms in total. The highest BCUT2D eigenvalue weighted by Crippen LogP contribution is 2.37. The first kappa shape index (κ1) is 24.8. The number of halogens is 1. The van der Waals surface area contributed by atoms with Crippen LogP contribution < -0.4 is 4.74 Å². The molecule has 0 unspecified atom stereocenters. The molecule has 3 aromatic rings. The minimum absolute atomic E-state index is 0.0463. The third-order valence-corrected chi connectivity index (χ3v) is 6.77. The molecule has 0 N–H and O–H groups in total. The normalized spacial score (nSPS) is 11.3. The van der Waals surface area contributed by atoms with Crippen LogP contribution in [0.2, 0.25) is 5.02 Å². The lowest BCUT2D eigenvalue weighted by Gasteiger charge is -2.25. The molecule has 3 aromatic carbocycles. The van der Waals surface area contributed by atoms with Crippen LogP contribution in [-0.2, 0) is 27.7 Å². The van der Waals surface area contributed by atoms with Crippen molar-refractivity contribution in [1.29, 1.82) is 0 Å². The molecule has 8 heteroatoms. The zero-order chi connectivity index (χ0) is 24.0. The molecule has 0 aliphatic heterocycles. The Hall–Kier alpha value is -2.87. The number of carbonyl (C=O) groups is 1. The molecule has 3 rings (SSSR count). The molecule has 0 saturated carbocycles. The van der Waals surface area contributed by atoms with Crippen molar-refractivity contribution in [1.82, 2.24) is 0 Å². The summed E-state index contributed by atoms with van der Waals surface area (Å²) >= 11 is 5.88. The summed E-state index contributed by atoms with van der Waals surface area (Å²) in [4.78, 5) is 12.4. The van der Waals surface area contributed by atoms with Crippen LogP contribution in [0.4, 0.5) is 0 Å². The molecule has 174 valence electrons. The molecule has 0 aliphatic carbocycles. The van der Waals surface area contributed by atoms with Crippen LogP contribution in [0, 0.1) is 0 Å². The summed E-state index contributed by atoms with van der Waals surface area (Å²) in [7, 11) is -1.16. The molecular formula is C25H25ClNO5S-. The van der Waals surface area contributed by atoms with Gasteiger partial charge in [-0.15, -0.1) is 6.54 Å². The lowest BCUT2D eigenvalue weighted by molar-refractivity contribution is 0.0600. The fraction of sp³-hybridized carbons (Fsp3) is 0.240. The summed E-state index contributed by atoms with van der Waals surface area (Å²) in [6, 6.07) is 16.9. The fourth-order valence-corrected chi connectivity index (χ4v) is 4.62. The quantitative estimate of drug-likeness (QED) is 0.345. The van der Waals surface area contributed by atoms with Crippen molar-refractivity contribution < 1.29 is 22.7 Å². The van der Waals surface area contributed by atoms with Gasteiger partial charge in [0.05, 0.1) is 19.8 Å². The number of methoxy groups -OCH3 is 2. The van der Waals surface area contributed by atoms with Crippen molar-refractivity contribution in [2.45, 2.75) is 31.2 Å². The average Bonchev–Trinajstić information content (AvgIpc) is 2.82. The number of sulfonamides is 1. The number of carbonyl (C=O) groups excluding carboxylic acids is 1. The van der Waals surface area contributed by atoms with Gasteiger partial charge in [-0.1, -0.05) is 49.2 Å². The summed E-state index contributed by atoms with van der Waals surface area (Å²) in [5, 5.41) is 0.434. The Kier molecular flexibility index (Phi) is 8.13. The maximum absolute atomic E-state index is 12.8. The fourth-order valence-electron chi connectivity index (χ4n) is 3.57. The second kappa shape index (κ2) is 10.8. The Morgan fingerprint density at radius 3 is 2.33 bits per heavy atom. The van der Waals surface area contributed by atoms with Crippen LogP contribution in [0.5, 0.6) is 5.75 Å². The maximum Gasteiger partial charge on any atom is 0.338 e. The number of benzene rings is 3. The standard InChI is InChI=1S/C25H25ClNO5S/c1-4-7-17-8-5-6-9-21(17)22-14-18(25(28)32-3)15-24(31-2)23(22)16-27-33(29,30)20-12-10-19(26)11-13-20/h5-6,8-15H,4,7,16H2,1-3H3/q-1. The smallest absolute Gasteiger partial charge is 0.338 e. The van der Waals surface area contributed by atoms with E-state index in [1.807, 2.05) is 24.3 Å². The SMILES string of the molecule is CCCc1ccccc1-c1cc(C(=O)OC)cc(OC)c1C[N-]S(=O)(=O)c1ccc(Cl)cc1. The summed E-state index contributed by atoms with van der Waals surface area (Å²) in [6.45, 7) is 1.92. The van der Waals surface area contributed by atoms with Gasteiger partial charge in [0.2, 0.25) is 0 Å². The van der Waals surface area contributed by atoms with Gasteiger partial charge in [-0.3, -0.25) is 0 Å². The molecule has 0 bridgehead atoms. The lowest BCUT2D eigenvalue weighted by Crippen LogP contribution is -2.07. The number of rotatable bonds is 9. The number of nitrogens with zero attached hydrogens (tertiary/aromatic N) is 1. The zero-order valence-corrected chi connectivity index (χ0v) is 20.2. The predicted molar refractivity (Wildman–Crippen MR) is 129 cm³/mol.